The number of hydrogen-bond donors (Lipinski definition) is 2. The molecule has 0 bridgehead atoms. The molecule has 3 N–H and O–H groups in total. The lowest BCUT2D eigenvalue weighted by Gasteiger charge is -2.27. The molecule has 3 heterocycles. The summed E-state index contributed by atoms with van der Waals surface area (Å²) in [5.41, 5.74) is 6.40. The first-order valence-corrected chi connectivity index (χ1v) is 9.50. The zero-order valence-corrected chi connectivity index (χ0v) is 15.5. The average molecular weight is 386 g/mol. The summed E-state index contributed by atoms with van der Waals surface area (Å²) in [6, 6.07) is 5.60. The Bertz CT molecular complexity index is 856. The van der Waals surface area contributed by atoms with Gasteiger partial charge in [0.25, 0.3) is 5.91 Å². The van der Waals surface area contributed by atoms with E-state index in [2.05, 4.69) is 20.3 Å². The van der Waals surface area contributed by atoms with Gasteiger partial charge in [-0.3, -0.25) is 9.69 Å². The maximum absolute atomic E-state index is 14.4. The number of aromatic nitrogens is 3. The first-order chi connectivity index (χ1) is 13.6. The molecule has 28 heavy (non-hydrogen) atoms. The van der Waals surface area contributed by atoms with Gasteiger partial charge in [0, 0.05) is 12.1 Å². The summed E-state index contributed by atoms with van der Waals surface area (Å²) < 4.78 is 19.6. The Morgan fingerprint density at radius 1 is 1.21 bits per heavy atom. The van der Waals surface area contributed by atoms with Gasteiger partial charge in [-0.1, -0.05) is 6.07 Å². The highest BCUT2D eigenvalue weighted by molar-refractivity contribution is 5.94. The monoisotopic (exact) mass is 386 g/mol. The van der Waals surface area contributed by atoms with Crippen LogP contribution >= 0.6 is 0 Å². The number of nitrogens with zero attached hydrogens (tertiary/aromatic N) is 4. The molecular weight excluding hydrogens is 363 g/mol. The molecule has 1 aliphatic heterocycles. The van der Waals surface area contributed by atoms with Gasteiger partial charge in [-0.2, -0.15) is 0 Å². The van der Waals surface area contributed by atoms with Crippen molar-refractivity contribution in [3.8, 4) is 11.4 Å². The summed E-state index contributed by atoms with van der Waals surface area (Å²) in [4.78, 5) is 26.4. The first-order valence-electron chi connectivity index (χ1n) is 9.50. The molecule has 2 aromatic rings. The van der Waals surface area contributed by atoms with Gasteiger partial charge in [0.05, 0.1) is 25.0 Å². The summed E-state index contributed by atoms with van der Waals surface area (Å²) in [5.74, 6) is 0.0946. The molecule has 2 aromatic heterocycles. The maximum Gasteiger partial charge on any atom is 0.254 e. The highest BCUT2D eigenvalue weighted by Gasteiger charge is 2.23. The van der Waals surface area contributed by atoms with E-state index in [4.69, 9.17) is 10.5 Å². The van der Waals surface area contributed by atoms with Gasteiger partial charge in [-0.25, -0.2) is 19.3 Å². The fourth-order valence-corrected chi connectivity index (χ4v) is 3.53. The SMILES string of the molecule is N[C@H]1CC[C@H](Nc2ncc(F)c(-c3cccc(N4CCOCC4=O)n3)n2)CC1. The highest BCUT2D eigenvalue weighted by Crippen LogP contribution is 2.25. The molecule has 4 rings (SSSR count). The minimum absolute atomic E-state index is 0.0207. The second kappa shape index (κ2) is 8.15. The zero-order chi connectivity index (χ0) is 19.5. The van der Waals surface area contributed by atoms with Crippen molar-refractivity contribution in [2.24, 2.45) is 5.73 Å². The molecule has 0 spiro atoms. The van der Waals surface area contributed by atoms with Crippen molar-refractivity contribution in [2.75, 3.05) is 30.0 Å². The number of nitrogens with one attached hydrogen (secondary N) is 1. The van der Waals surface area contributed by atoms with Gasteiger partial charge in [-0.15, -0.1) is 0 Å². The van der Waals surface area contributed by atoms with Crippen LogP contribution in [0, 0.1) is 5.82 Å². The van der Waals surface area contributed by atoms with Gasteiger partial charge in [0.15, 0.2) is 5.82 Å². The number of hydrogen-bond acceptors (Lipinski definition) is 7. The number of halogens is 1. The fraction of sp³-hybridized carbons (Fsp3) is 0.474. The van der Waals surface area contributed by atoms with Crippen molar-refractivity contribution >= 4 is 17.7 Å². The predicted molar refractivity (Wildman–Crippen MR) is 102 cm³/mol. The third-order valence-corrected chi connectivity index (χ3v) is 5.09. The number of nitrogens with two attached hydrogens (primary N) is 1. The maximum atomic E-state index is 14.4. The number of rotatable bonds is 4. The molecule has 1 amide bonds. The molecule has 0 atom stereocenters. The lowest BCUT2D eigenvalue weighted by Crippen LogP contribution is -2.42. The number of carbonyl (C=O) groups is 1. The number of carbonyl (C=O) groups excluding carboxylic acids is 1. The summed E-state index contributed by atoms with van der Waals surface area (Å²) in [6.07, 6.45) is 4.91. The van der Waals surface area contributed by atoms with Gasteiger partial charge in [0.1, 0.15) is 18.1 Å². The van der Waals surface area contributed by atoms with E-state index in [1.807, 2.05) is 0 Å². The molecule has 0 aromatic carbocycles. The van der Waals surface area contributed by atoms with Gasteiger partial charge in [-0.05, 0) is 37.8 Å². The van der Waals surface area contributed by atoms with Crippen molar-refractivity contribution in [3.05, 3.63) is 30.2 Å². The van der Waals surface area contributed by atoms with Crippen LogP contribution in [0.25, 0.3) is 11.4 Å². The third-order valence-electron chi connectivity index (χ3n) is 5.09. The Hall–Kier alpha value is -2.65. The van der Waals surface area contributed by atoms with E-state index in [0.29, 0.717) is 30.6 Å². The van der Waals surface area contributed by atoms with E-state index < -0.39 is 5.82 Å². The number of pyridine rings is 1. The molecular formula is C19H23FN6O2. The number of ether oxygens (including phenoxy) is 1. The van der Waals surface area contributed by atoms with Crippen LogP contribution in [0.4, 0.5) is 16.2 Å². The van der Waals surface area contributed by atoms with E-state index >= 15 is 0 Å². The Kier molecular flexibility index (Phi) is 5.45. The quantitative estimate of drug-likeness (QED) is 0.824. The smallest absolute Gasteiger partial charge is 0.254 e. The van der Waals surface area contributed by atoms with Crippen molar-refractivity contribution in [1.82, 2.24) is 15.0 Å². The van der Waals surface area contributed by atoms with Gasteiger partial charge in [0.2, 0.25) is 5.95 Å². The van der Waals surface area contributed by atoms with Crippen LogP contribution in [-0.4, -0.2) is 52.7 Å². The van der Waals surface area contributed by atoms with Crippen LogP contribution in [0.1, 0.15) is 25.7 Å². The third kappa shape index (κ3) is 4.10. The second-order valence-corrected chi connectivity index (χ2v) is 7.13. The molecule has 1 saturated heterocycles. The summed E-state index contributed by atoms with van der Waals surface area (Å²) in [5, 5.41) is 3.27. The minimum atomic E-state index is -0.561. The molecule has 9 heteroatoms. The van der Waals surface area contributed by atoms with Crippen LogP contribution < -0.4 is 16.0 Å². The normalized spacial score (nSPS) is 22.9. The molecule has 1 aliphatic carbocycles. The summed E-state index contributed by atoms with van der Waals surface area (Å²) >= 11 is 0. The van der Waals surface area contributed by atoms with E-state index in [-0.39, 0.29) is 30.3 Å². The van der Waals surface area contributed by atoms with Crippen molar-refractivity contribution in [3.63, 3.8) is 0 Å². The van der Waals surface area contributed by atoms with Gasteiger partial charge >= 0.3 is 0 Å². The van der Waals surface area contributed by atoms with Crippen molar-refractivity contribution < 1.29 is 13.9 Å². The Balaban J connectivity index is 1.56. The predicted octanol–water partition coefficient (Wildman–Crippen LogP) is 1.72. The molecule has 2 fully saturated rings. The summed E-state index contributed by atoms with van der Waals surface area (Å²) in [6.45, 7) is 0.879. The Morgan fingerprint density at radius 2 is 2.04 bits per heavy atom. The lowest BCUT2D eigenvalue weighted by atomic mass is 9.92. The Labute approximate surface area is 162 Å². The molecule has 0 unspecified atom stereocenters. The first kappa shape index (κ1) is 18.7. The fourth-order valence-electron chi connectivity index (χ4n) is 3.53. The number of amides is 1. The number of morpholine rings is 1. The van der Waals surface area contributed by atoms with Crippen LogP contribution in [-0.2, 0) is 9.53 Å². The standard InChI is InChI=1S/C19H23FN6O2/c20-14-10-22-19(23-13-6-4-12(21)5-7-13)25-18(14)15-2-1-3-16(24-15)26-8-9-28-11-17(26)27/h1-3,10,12-13H,4-9,11,21H2,(H,22,23,25)/t12-,13-. The van der Waals surface area contributed by atoms with E-state index in [0.717, 1.165) is 31.9 Å². The lowest BCUT2D eigenvalue weighted by molar-refractivity contribution is -0.125. The average Bonchev–Trinajstić information content (AvgIpc) is 2.71. The van der Waals surface area contributed by atoms with E-state index in [9.17, 15) is 9.18 Å². The highest BCUT2D eigenvalue weighted by atomic mass is 19.1. The molecule has 148 valence electrons. The molecule has 8 nitrogen and oxygen atoms in total. The van der Waals surface area contributed by atoms with E-state index in [1.165, 1.54) is 4.90 Å². The zero-order valence-electron chi connectivity index (χ0n) is 15.5. The van der Waals surface area contributed by atoms with Crippen LogP contribution in [0.2, 0.25) is 0 Å². The minimum Gasteiger partial charge on any atom is -0.370 e. The second-order valence-electron chi connectivity index (χ2n) is 7.13. The Morgan fingerprint density at radius 3 is 2.82 bits per heavy atom. The van der Waals surface area contributed by atoms with Gasteiger partial charge < -0.3 is 15.8 Å². The topological polar surface area (TPSA) is 106 Å². The largest absolute Gasteiger partial charge is 0.370 e. The van der Waals surface area contributed by atoms with Crippen LogP contribution in [0.15, 0.2) is 24.4 Å². The summed E-state index contributed by atoms with van der Waals surface area (Å²) in [7, 11) is 0. The molecule has 2 aliphatic rings. The molecule has 0 radical (unpaired) electrons. The van der Waals surface area contributed by atoms with Crippen molar-refractivity contribution in [2.45, 2.75) is 37.8 Å². The van der Waals surface area contributed by atoms with E-state index in [1.54, 1.807) is 18.2 Å². The number of anilines is 2. The van der Waals surface area contributed by atoms with Crippen molar-refractivity contribution in [1.29, 1.82) is 0 Å². The molecule has 1 saturated carbocycles. The van der Waals surface area contributed by atoms with Crippen LogP contribution in [0.3, 0.4) is 0 Å². The van der Waals surface area contributed by atoms with Crippen LogP contribution in [0.5, 0.6) is 0 Å².